The van der Waals surface area contributed by atoms with Crippen LogP contribution < -0.4 is 16.0 Å². The van der Waals surface area contributed by atoms with E-state index in [4.69, 9.17) is 5.73 Å². The molecule has 0 bridgehead atoms. The normalized spacial score (nSPS) is 10.6. The highest BCUT2D eigenvalue weighted by molar-refractivity contribution is 7.18. The van der Waals surface area contributed by atoms with E-state index in [2.05, 4.69) is 17.2 Å². The summed E-state index contributed by atoms with van der Waals surface area (Å²) in [5.74, 6) is 0.227. The molecule has 6 heteroatoms. The van der Waals surface area contributed by atoms with Crippen molar-refractivity contribution in [2.45, 2.75) is 52.4 Å². The molecule has 5 nitrogen and oxygen atoms in total. The number of carbonyl (C=O) groups excluding carboxylic acids is 1. The predicted octanol–water partition coefficient (Wildman–Crippen LogP) is 3.27. The third-order valence-corrected chi connectivity index (χ3v) is 4.65. The number of rotatable bonds is 10. The Morgan fingerprint density at radius 2 is 1.90 bits per heavy atom. The number of anilines is 2. The first-order valence-electron chi connectivity index (χ1n) is 7.85. The van der Waals surface area contributed by atoms with Crippen LogP contribution in [0.3, 0.4) is 0 Å². The number of aromatic nitrogens is 1. The van der Waals surface area contributed by atoms with Gasteiger partial charge in [0.15, 0.2) is 5.13 Å². The molecule has 21 heavy (non-hydrogen) atoms. The van der Waals surface area contributed by atoms with Gasteiger partial charge >= 0.3 is 0 Å². The van der Waals surface area contributed by atoms with E-state index in [1.165, 1.54) is 43.4 Å². The fourth-order valence-electron chi connectivity index (χ4n) is 1.97. The molecule has 0 saturated carbocycles. The maximum Gasteiger partial charge on any atom is 0.265 e. The van der Waals surface area contributed by atoms with Gasteiger partial charge in [-0.3, -0.25) is 4.79 Å². The summed E-state index contributed by atoms with van der Waals surface area (Å²) in [6.45, 7) is 5.80. The van der Waals surface area contributed by atoms with E-state index in [1.807, 2.05) is 18.9 Å². The minimum atomic E-state index is -0.102. The smallest absolute Gasteiger partial charge is 0.265 e. The standard InChI is InChI=1S/C15H28N4OS/c1-4-6-7-8-9-10-11-17-14(20)12-13(16)18-15(21-12)19(3)5-2/h4-11,16H2,1-3H3,(H,17,20). The van der Waals surface area contributed by atoms with Gasteiger partial charge in [0.05, 0.1) is 0 Å². The van der Waals surface area contributed by atoms with Crippen molar-refractivity contribution in [1.29, 1.82) is 0 Å². The Bertz CT molecular complexity index is 433. The van der Waals surface area contributed by atoms with Crippen LogP contribution in [-0.2, 0) is 0 Å². The van der Waals surface area contributed by atoms with Gasteiger partial charge < -0.3 is 16.0 Å². The maximum absolute atomic E-state index is 12.1. The van der Waals surface area contributed by atoms with Crippen molar-refractivity contribution in [2.75, 3.05) is 30.8 Å². The molecule has 0 radical (unpaired) electrons. The monoisotopic (exact) mass is 312 g/mol. The number of nitrogens with one attached hydrogen (secondary N) is 1. The van der Waals surface area contributed by atoms with Crippen molar-refractivity contribution in [3.63, 3.8) is 0 Å². The van der Waals surface area contributed by atoms with E-state index in [9.17, 15) is 4.79 Å². The van der Waals surface area contributed by atoms with Crippen molar-refractivity contribution in [3.8, 4) is 0 Å². The van der Waals surface area contributed by atoms with Crippen LogP contribution in [0.5, 0.6) is 0 Å². The van der Waals surface area contributed by atoms with Crippen LogP contribution in [0, 0.1) is 0 Å². The molecule has 1 aromatic rings. The number of nitrogens with zero attached hydrogens (tertiary/aromatic N) is 2. The number of nitrogens with two attached hydrogens (primary N) is 1. The number of carbonyl (C=O) groups is 1. The van der Waals surface area contributed by atoms with Crippen LogP contribution in [0.25, 0.3) is 0 Å². The second-order valence-corrected chi connectivity index (χ2v) is 6.23. The number of nitrogen functional groups attached to an aromatic ring is 1. The van der Waals surface area contributed by atoms with Gasteiger partial charge in [-0.25, -0.2) is 4.98 Å². The van der Waals surface area contributed by atoms with Crippen LogP contribution >= 0.6 is 11.3 Å². The fraction of sp³-hybridized carbons (Fsp3) is 0.733. The first-order valence-corrected chi connectivity index (χ1v) is 8.67. The zero-order valence-electron chi connectivity index (χ0n) is 13.4. The molecular formula is C15H28N4OS. The lowest BCUT2D eigenvalue weighted by atomic mass is 10.1. The van der Waals surface area contributed by atoms with E-state index in [0.717, 1.165) is 18.1 Å². The fourth-order valence-corrected chi connectivity index (χ4v) is 2.90. The molecule has 1 heterocycles. The molecule has 3 N–H and O–H groups in total. The molecule has 1 rings (SSSR count). The van der Waals surface area contributed by atoms with E-state index in [1.54, 1.807) is 0 Å². The maximum atomic E-state index is 12.1. The Kier molecular flexibility index (Phi) is 8.12. The zero-order valence-corrected chi connectivity index (χ0v) is 14.3. The highest BCUT2D eigenvalue weighted by Crippen LogP contribution is 2.27. The Balaban J connectivity index is 2.33. The summed E-state index contributed by atoms with van der Waals surface area (Å²) < 4.78 is 0. The van der Waals surface area contributed by atoms with Crippen molar-refractivity contribution in [2.24, 2.45) is 0 Å². The number of hydrogen-bond donors (Lipinski definition) is 2. The molecule has 0 unspecified atom stereocenters. The lowest BCUT2D eigenvalue weighted by Crippen LogP contribution is -2.24. The third-order valence-electron chi connectivity index (χ3n) is 3.47. The van der Waals surface area contributed by atoms with Gasteiger partial charge in [0.1, 0.15) is 10.7 Å². The molecule has 0 spiro atoms. The van der Waals surface area contributed by atoms with Gasteiger partial charge in [0.2, 0.25) is 0 Å². The van der Waals surface area contributed by atoms with Gasteiger partial charge in [-0.1, -0.05) is 50.4 Å². The first-order chi connectivity index (χ1) is 10.1. The quantitative estimate of drug-likeness (QED) is 0.650. The summed E-state index contributed by atoms with van der Waals surface area (Å²) in [6, 6.07) is 0. The predicted molar refractivity (Wildman–Crippen MR) is 91.2 cm³/mol. The van der Waals surface area contributed by atoms with Crippen molar-refractivity contribution >= 4 is 28.2 Å². The number of hydrogen-bond acceptors (Lipinski definition) is 5. The van der Waals surface area contributed by atoms with Gasteiger partial charge in [-0.2, -0.15) is 0 Å². The van der Waals surface area contributed by atoms with Crippen molar-refractivity contribution in [1.82, 2.24) is 10.3 Å². The highest BCUT2D eigenvalue weighted by Gasteiger charge is 2.17. The minimum Gasteiger partial charge on any atom is -0.382 e. The average molecular weight is 312 g/mol. The van der Waals surface area contributed by atoms with Crippen molar-refractivity contribution < 1.29 is 4.79 Å². The minimum absolute atomic E-state index is 0.102. The van der Waals surface area contributed by atoms with Gasteiger partial charge in [-0.05, 0) is 13.3 Å². The Morgan fingerprint density at radius 1 is 1.24 bits per heavy atom. The van der Waals surface area contributed by atoms with Crippen LogP contribution in [0.4, 0.5) is 10.9 Å². The molecule has 0 aliphatic heterocycles. The Morgan fingerprint density at radius 3 is 2.57 bits per heavy atom. The average Bonchev–Trinajstić information content (AvgIpc) is 2.87. The number of amides is 1. The molecule has 0 atom stereocenters. The topological polar surface area (TPSA) is 71.2 Å². The molecular weight excluding hydrogens is 284 g/mol. The summed E-state index contributed by atoms with van der Waals surface area (Å²) in [5, 5.41) is 3.73. The summed E-state index contributed by atoms with van der Waals surface area (Å²) in [6.07, 6.45) is 7.29. The van der Waals surface area contributed by atoms with E-state index in [0.29, 0.717) is 17.2 Å². The molecule has 0 aromatic carbocycles. The van der Waals surface area contributed by atoms with Gasteiger partial charge in [0.25, 0.3) is 5.91 Å². The lowest BCUT2D eigenvalue weighted by Gasteiger charge is -2.10. The van der Waals surface area contributed by atoms with Gasteiger partial charge in [0, 0.05) is 20.1 Å². The summed E-state index contributed by atoms with van der Waals surface area (Å²) in [7, 11) is 1.94. The van der Waals surface area contributed by atoms with E-state index < -0.39 is 0 Å². The van der Waals surface area contributed by atoms with Crippen LogP contribution in [-0.4, -0.2) is 31.0 Å². The summed E-state index contributed by atoms with van der Waals surface area (Å²) in [4.78, 5) is 18.8. The molecule has 0 aliphatic carbocycles. The van der Waals surface area contributed by atoms with Crippen LogP contribution in [0.2, 0.25) is 0 Å². The summed E-state index contributed by atoms with van der Waals surface area (Å²) >= 11 is 1.35. The van der Waals surface area contributed by atoms with Crippen LogP contribution in [0.1, 0.15) is 62.0 Å². The van der Waals surface area contributed by atoms with E-state index in [-0.39, 0.29) is 5.91 Å². The second kappa shape index (κ2) is 9.60. The molecule has 1 amide bonds. The third kappa shape index (κ3) is 5.91. The lowest BCUT2D eigenvalue weighted by molar-refractivity contribution is 0.0957. The van der Waals surface area contributed by atoms with Crippen LogP contribution in [0.15, 0.2) is 0 Å². The molecule has 0 fully saturated rings. The highest BCUT2D eigenvalue weighted by atomic mass is 32.1. The Labute approximate surface area is 131 Å². The van der Waals surface area contributed by atoms with Crippen molar-refractivity contribution in [3.05, 3.63) is 4.88 Å². The largest absolute Gasteiger partial charge is 0.382 e. The second-order valence-electron chi connectivity index (χ2n) is 5.25. The van der Waals surface area contributed by atoms with E-state index >= 15 is 0 Å². The van der Waals surface area contributed by atoms with Gasteiger partial charge in [-0.15, -0.1) is 0 Å². The molecule has 120 valence electrons. The number of unbranched alkanes of at least 4 members (excludes halogenated alkanes) is 5. The molecule has 0 saturated heterocycles. The zero-order chi connectivity index (χ0) is 15.7. The first kappa shape index (κ1) is 17.8. The Hall–Kier alpha value is -1.30. The SMILES string of the molecule is CCCCCCCCNC(=O)c1sc(N(C)CC)nc1N. The molecule has 1 aromatic heterocycles. The number of thiazole rings is 1. The summed E-state index contributed by atoms with van der Waals surface area (Å²) in [5.41, 5.74) is 5.83. The molecule has 0 aliphatic rings.